The second-order valence-corrected chi connectivity index (χ2v) is 7.33. The van der Waals surface area contributed by atoms with Crippen molar-refractivity contribution in [2.45, 2.75) is 5.54 Å². The maximum absolute atomic E-state index is 6.36. The molecule has 0 unspecified atom stereocenters. The molecule has 0 aliphatic carbocycles. The van der Waals surface area contributed by atoms with E-state index in [1.54, 1.807) is 6.33 Å². The van der Waals surface area contributed by atoms with Gasteiger partial charge < -0.3 is 5.73 Å². The van der Waals surface area contributed by atoms with Crippen LogP contribution in [0.5, 0.6) is 0 Å². The van der Waals surface area contributed by atoms with Gasteiger partial charge in [-0.3, -0.25) is 4.57 Å². The van der Waals surface area contributed by atoms with Crippen molar-refractivity contribution in [3.8, 4) is 0 Å². The summed E-state index contributed by atoms with van der Waals surface area (Å²) < 4.78 is 2.03. The summed E-state index contributed by atoms with van der Waals surface area (Å²) in [5.41, 5.74) is 9.51. The van der Waals surface area contributed by atoms with E-state index in [4.69, 9.17) is 17.3 Å². The second kappa shape index (κ2) is 7.28. The van der Waals surface area contributed by atoms with Gasteiger partial charge in [-0.2, -0.15) is 9.97 Å². The smallest absolute Gasteiger partial charge is 0.223 e. The van der Waals surface area contributed by atoms with E-state index < -0.39 is 5.54 Å². The van der Waals surface area contributed by atoms with Crippen LogP contribution in [-0.2, 0) is 5.54 Å². The number of nitrogens with two attached hydrogens (primary N) is 1. The molecule has 0 atom stereocenters. The van der Waals surface area contributed by atoms with E-state index in [9.17, 15) is 0 Å². The van der Waals surface area contributed by atoms with Crippen LogP contribution in [-0.4, -0.2) is 19.5 Å². The highest BCUT2D eigenvalue weighted by atomic mass is 35.5. The van der Waals surface area contributed by atoms with Crippen molar-refractivity contribution >= 4 is 28.7 Å². The number of fused-ring (bicyclic) bond motifs is 1. The third-order valence-corrected chi connectivity index (χ3v) is 5.57. The van der Waals surface area contributed by atoms with Gasteiger partial charge in [0, 0.05) is 0 Å². The van der Waals surface area contributed by atoms with E-state index in [-0.39, 0.29) is 11.1 Å². The fourth-order valence-corrected chi connectivity index (χ4v) is 4.30. The lowest BCUT2D eigenvalue weighted by Crippen LogP contribution is -2.37. The highest BCUT2D eigenvalue weighted by molar-refractivity contribution is 6.33. The van der Waals surface area contributed by atoms with Crippen molar-refractivity contribution in [3.05, 3.63) is 119 Å². The standard InChI is InChI=1S/C24H18ClN5/c25-21-20-22(29-23(26)28-21)30(16-27-20)24(17-10-4-1-5-11-17,18-12-6-2-7-13-18)19-14-8-3-9-15-19/h1-16H,(H2,26,28,29). The minimum atomic E-state index is -0.733. The Morgan fingerprint density at radius 2 is 1.17 bits per heavy atom. The molecule has 30 heavy (non-hydrogen) atoms. The zero-order valence-electron chi connectivity index (χ0n) is 16.0. The molecular weight excluding hydrogens is 394 g/mol. The van der Waals surface area contributed by atoms with E-state index in [1.165, 1.54) is 0 Å². The lowest BCUT2D eigenvalue weighted by molar-refractivity contribution is 0.526. The number of nitrogens with zero attached hydrogens (tertiary/aromatic N) is 4. The predicted molar refractivity (Wildman–Crippen MR) is 119 cm³/mol. The van der Waals surface area contributed by atoms with Gasteiger partial charge in [-0.15, -0.1) is 0 Å². The molecule has 6 heteroatoms. The Kier molecular flexibility index (Phi) is 4.45. The van der Waals surface area contributed by atoms with E-state index in [1.807, 2.05) is 59.2 Å². The SMILES string of the molecule is Nc1nc(Cl)c2ncn(C(c3ccccc3)(c3ccccc3)c3ccccc3)c2n1. The molecule has 2 aromatic heterocycles. The minimum absolute atomic E-state index is 0.109. The van der Waals surface area contributed by atoms with Gasteiger partial charge in [0.1, 0.15) is 11.1 Å². The van der Waals surface area contributed by atoms with Crippen LogP contribution >= 0.6 is 11.6 Å². The molecule has 0 amide bonds. The lowest BCUT2D eigenvalue weighted by Gasteiger charge is -2.37. The normalized spacial score (nSPS) is 11.6. The van der Waals surface area contributed by atoms with E-state index in [2.05, 4.69) is 51.4 Å². The van der Waals surface area contributed by atoms with Crippen molar-refractivity contribution in [3.63, 3.8) is 0 Å². The Balaban J connectivity index is 1.98. The first-order chi connectivity index (χ1) is 14.7. The molecule has 146 valence electrons. The van der Waals surface area contributed by atoms with Crippen LogP contribution in [0.15, 0.2) is 97.3 Å². The fourth-order valence-electron chi connectivity index (χ4n) is 4.08. The van der Waals surface area contributed by atoms with Crippen molar-refractivity contribution in [1.82, 2.24) is 19.5 Å². The quantitative estimate of drug-likeness (QED) is 0.337. The summed E-state index contributed by atoms with van der Waals surface area (Å²) in [7, 11) is 0. The molecule has 0 spiro atoms. The zero-order chi connectivity index (χ0) is 20.6. The Morgan fingerprint density at radius 3 is 1.63 bits per heavy atom. The minimum Gasteiger partial charge on any atom is -0.368 e. The van der Waals surface area contributed by atoms with Crippen molar-refractivity contribution in [2.75, 3.05) is 5.73 Å². The van der Waals surface area contributed by atoms with Gasteiger partial charge >= 0.3 is 0 Å². The van der Waals surface area contributed by atoms with Crippen LogP contribution in [0.1, 0.15) is 16.7 Å². The molecule has 0 bridgehead atoms. The van der Waals surface area contributed by atoms with Gasteiger partial charge in [-0.25, -0.2) is 4.98 Å². The molecule has 2 heterocycles. The number of rotatable bonds is 4. The molecule has 2 N–H and O–H groups in total. The Bertz CT molecular complexity index is 1200. The third kappa shape index (κ3) is 2.75. The van der Waals surface area contributed by atoms with Crippen LogP contribution in [0.2, 0.25) is 5.15 Å². The molecule has 0 radical (unpaired) electrons. The first-order valence-electron chi connectivity index (χ1n) is 9.54. The molecule has 5 rings (SSSR count). The maximum Gasteiger partial charge on any atom is 0.223 e. The zero-order valence-corrected chi connectivity index (χ0v) is 16.7. The highest BCUT2D eigenvalue weighted by Gasteiger charge is 2.40. The monoisotopic (exact) mass is 411 g/mol. The molecule has 3 aromatic carbocycles. The number of aromatic nitrogens is 4. The molecular formula is C24H18ClN5. The first-order valence-corrected chi connectivity index (χ1v) is 9.92. The van der Waals surface area contributed by atoms with E-state index in [0.717, 1.165) is 16.7 Å². The van der Waals surface area contributed by atoms with Gasteiger partial charge in [-0.1, -0.05) is 103 Å². The second-order valence-electron chi connectivity index (χ2n) is 6.97. The number of imidazole rings is 1. The van der Waals surface area contributed by atoms with E-state index >= 15 is 0 Å². The topological polar surface area (TPSA) is 69.6 Å². The van der Waals surface area contributed by atoms with Gasteiger partial charge in [-0.05, 0) is 16.7 Å². The van der Waals surface area contributed by atoms with Crippen LogP contribution in [0.3, 0.4) is 0 Å². The lowest BCUT2D eigenvalue weighted by atomic mass is 9.76. The summed E-state index contributed by atoms with van der Waals surface area (Å²) in [5.74, 6) is 0.109. The fraction of sp³-hybridized carbons (Fsp3) is 0.0417. The molecule has 0 fully saturated rings. The molecule has 5 nitrogen and oxygen atoms in total. The summed E-state index contributed by atoms with van der Waals surface area (Å²) in [6.07, 6.45) is 1.76. The van der Waals surface area contributed by atoms with Crippen molar-refractivity contribution in [2.24, 2.45) is 0 Å². The molecule has 0 saturated carbocycles. The molecule has 0 aliphatic heterocycles. The Labute approximate surface area is 178 Å². The predicted octanol–water partition coefficient (Wildman–Crippen LogP) is 4.90. The number of anilines is 1. The summed E-state index contributed by atoms with van der Waals surface area (Å²) in [5, 5.41) is 0.235. The van der Waals surface area contributed by atoms with Crippen LogP contribution in [0, 0.1) is 0 Å². The average Bonchev–Trinajstić information content (AvgIpc) is 3.21. The first kappa shape index (κ1) is 18.3. The largest absolute Gasteiger partial charge is 0.368 e. The maximum atomic E-state index is 6.36. The van der Waals surface area contributed by atoms with Gasteiger partial charge in [0.25, 0.3) is 0 Å². The Morgan fingerprint density at radius 1 is 0.700 bits per heavy atom. The number of nitrogen functional groups attached to an aromatic ring is 1. The van der Waals surface area contributed by atoms with Crippen molar-refractivity contribution < 1.29 is 0 Å². The third-order valence-electron chi connectivity index (χ3n) is 5.31. The molecule has 0 aliphatic rings. The molecule has 5 aromatic rings. The average molecular weight is 412 g/mol. The van der Waals surface area contributed by atoms with Gasteiger partial charge in [0.05, 0.1) is 6.33 Å². The summed E-state index contributed by atoms with van der Waals surface area (Å²) in [6.45, 7) is 0. The summed E-state index contributed by atoms with van der Waals surface area (Å²) in [4.78, 5) is 13.1. The van der Waals surface area contributed by atoms with Gasteiger partial charge in [0.15, 0.2) is 10.8 Å². The van der Waals surface area contributed by atoms with Gasteiger partial charge in [0.2, 0.25) is 5.95 Å². The number of hydrogen-bond acceptors (Lipinski definition) is 4. The van der Waals surface area contributed by atoms with E-state index in [0.29, 0.717) is 11.2 Å². The van der Waals surface area contributed by atoms with Crippen molar-refractivity contribution in [1.29, 1.82) is 0 Å². The van der Waals surface area contributed by atoms with Crippen LogP contribution in [0.25, 0.3) is 11.2 Å². The van der Waals surface area contributed by atoms with Crippen LogP contribution in [0.4, 0.5) is 5.95 Å². The number of benzene rings is 3. The van der Waals surface area contributed by atoms with Crippen LogP contribution < -0.4 is 5.73 Å². The number of halogens is 1. The highest BCUT2D eigenvalue weighted by Crippen LogP contribution is 2.42. The summed E-state index contributed by atoms with van der Waals surface area (Å²) in [6, 6.07) is 30.9. The molecule has 0 saturated heterocycles. The summed E-state index contributed by atoms with van der Waals surface area (Å²) >= 11 is 6.36. The Hall–Kier alpha value is -3.70. The number of hydrogen-bond donors (Lipinski definition) is 1.